The fourth-order valence-corrected chi connectivity index (χ4v) is 5.42. The largest absolute Gasteiger partial charge is 0.481 e. The highest BCUT2D eigenvalue weighted by Crippen LogP contribution is 2.39. The summed E-state index contributed by atoms with van der Waals surface area (Å²) < 4.78 is 0. The van der Waals surface area contributed by atoms with Crippen molar-refractivity contribution in [3.63, 3.8) is 0 Å². The van der Waals surface area contributed by atoms with Crippen molar-refractivity contribution in [3.05, 3.63) is 21.4 Å². The van der Waals surface area contributed by atoms with Crippen LogP contribution in [0.1, 0.15) is 46.3 Å². The molecule has 2 aliphatic rings. The Bertz CT molecular complexity index is 560. The van der Waals surface area contributed by atoms with Crippen LogP contribution < -0.4 is 5.32 Å². The molecule has 1 aromatic rings. The van der Waals surface area contributed by atoms with Gasteiger partial charge in [-0.15, -0.1) is 11.3 Å². The molecule has 0 saturated heterocycles. The number of aliphatic carboxylic acids is 1. The fourth-order valence-electron chi connectivity index (χ4n) is 3.14. The van der Waals surface area contributed by atoms with E-state index in [1.54, 1.807) is 18.3 Å². The molecule has 1 aliphatic carbocycles. The van der Waals surface area contributed by atoms with Crippen molar-refractivity contribution >= 4 is 35.0 Å². The molecule has 2 heterocycles. The number of carbonyl (C=O) groups excluding carboxylic acids is 1. The minimum Gasteiger partial charge on any atom is -0.481 e. The number of thiophene rings is 1. The lowest BCUT2D eigenvalue weighted by Gasteiger charge is -2.27. The number of amides is 1. The summed E-state index contributed by atoms with van der Waals surface area (Å²) in [6.45, 7) is 1.74. The van der Waals surface area contributed by atoms with E-state index in [9.17, 15) is 14.7 Å². The van der Waals surface area contributed by atoms with E-state index in [2.05, 4.69) is 5.32 Å². The molecule has 0 aromatic carbocycles. The van der Waals surface area contributed by atoms with E-state index in [-0.39, 0.29) is 11.9 Å². The topological polar surface area (TPSA) is 66.4 Å². The highest BCUT2D eigenvalue weighted by atomic mass is 32.2. The molecule has 3 rings (SSSR count). The van der Waals surface area contributed by atoms with Gasteiger partial charge in [0.05, 0.1) is 10.3 Å². The van der Waals surface area contributed by atoms with Crippen LogP contribution in [-0.4, -0.2) is 28.8 Å². The molecule has 1 aromatic heterocycles. The number of fused-ring (bicyclic) bond motifs is 1. The Morgan fingerprint density at radius 2 is 2.29 bits per heavy atom. The lowest BCUT2D eigenvalue weighted by molar-refractivity contribution is -0.148. The van der Waals surface area contributed by atoms with Crippen molar-refractivity contribution in [2.45, 2.75) is 44.4 Å². The smallest absolute Gasteiger partial charge is 0.311 e. The molecule has 2 unspecified atom stereocenters. The number of rotatable bonds is 3. The minimum atomic E-state index is -0.831. The number of hydrogen-bond acceptors (Lipinski definition) is 4. The SMILES string of the molecule is CC1(C(=O)O)CCCC1NC(=O)c1cc2c(s1)CCSC2. The molecule has 2 N–H and O–H groups in total. The standard InChI is InChI=1S/C15H19NO3S2/c1-15(14(18)19)5-2-3-12(15)16-13(17)11-7-9-8-20-6-4-10(9)21-11/h7,12H,2-6,8H2,1H3,(H,16,17)(H,18,19). The van der Waals surface area contributed by atoms with Gasteiger partial charge >= 0.3 is 5.97 Å². The van der Waals surface area contributed by atoms with Crippen LogP contribution in [0.5, 0.6) is 0 Å². The predicted octanol–water partition coefficient (Wildman–Crippen LogP) is 2.91. The zero-order valence-corrected chi connectivity index (χ0v) is 13.6. The molecule has 1 fully saturated rings. The predicted molar refractivity (Wildman–Crippen MR) is 85.0 cm³/mol. The van der Waals surface area contributed by atoms with E-state index in [0.717, 1.165) is 35.6 Å². The summed E-state index contributed by atoms with van der Waals surface area (Å²) in [7, 11) is 0. The molecule has 1 amide bonds. The Labute approximate surface area is 132 Å². The second-order valence-corrected chi connectivity index (χ2v) is 8.24. The molecule has 2 atom stereocenters. The molecule has 4 nitrogen and oxygen atoms in total. The second kappa shape index (κ2) is 5.65. The third-order valence-electron chi connectivity index (χ3n) is 4.60. The van der Waals surface area contributed by atoms with Gasteiger partial charge in [0.2, 0.25) is 0 Å². The average molecular weight is 325 g/mol. The Kier molecular flexibility index (Phi) is 4.01. The van der Waals surface area contributed by atoms with Gasteiger partial charge in [0, 0.05) is 16.7 Å². The number of thioether (sulfide) groups is 1. The van der Waals surface area contributed by atoms with Gasteiger partial charge < -0.3 is 10.4 Å². The molecule has 0 bridgehead atoms. The van der Waals surface area contributed by atoms with E-state index in [1.807, 2.05) is 17.8 Å². The van der Waals surface area contributed by atoms with Crippen LogP contribution in [0.15, 0.2) is 6.07 Å². The molecule has 6 heteroatoms. The van der Waals surface area contributed by atoms with Crippen molar-refractivity contribution in [1.29, 1.82) is 0 Å². The molecule has 21 heavy (non-hydrogen) atoms. The van der Waals surface area contributed by atoms with E-state index in [1.165, 1.54) is 10.4 Å². The number of hydrogen-bond donors (Lipinski definition) is 2. The average Bonchev–Trinajstić information content (AvgIpc) is 3.04. The lowest BCUT2D eigenvalue weighted by atomic mass is 9.85. The van der Waals surface area contributed by atoms with Gasteiger partial charge in [0.25, 0.3) is 5.91 Å². The Balaban J connectivity index is 1.74. The Hall–Kier alpha value is -1.01. The molecule has 114 valence electrons. The van der Waals surface area contributed by atoms with Crippen molar-refractivity contribution < 1.29 is 14.7 Å². The summed E-state index contributed by atoms with van der Waals surface area (Å²) in [6, 6.07) is 1.71. The highest BCUT2D eigenvalue weighted by Gasteiger charge is 2.46. The number of nitrogens with one attached hydrogen (secondary N) is 1. The van der Waals surface area contributed by atoms with E-state index in [0.29, 0.717) is 6.42 Å². The maximum absolute atomic E-state index is 12.4. The van der Waals surface area contributed by atoms with Crippen LogP contribution in [0.3, 0.4) is 0 Å². The molecular weight excluding hydrogens is 306 g/mol. The van der Waals surface area contributed by atoms with E-state index < -0.39 is 11.4 Å². The van der Waals surface area contributed by atoms with Crippen LogP contribution in [0.2, 0.25) is 0 Å². The summed E-state index contributed by atoms with van der Waals surface area (Å²) in [4.78, 5) is 25.9. The van der Waals surface area contributed by atoms with Crippen LogP contribution in [0.25, 0.3) is 0 Å². The van der Waals surface area contributed by atoms with Crippen LogP contribution in [0.4, 0.5) is 0 Å². The van der Waals surface area contributed by atoms with E-state index >= 15 is 0 Å². The molecule has 1 saturated carbocycles. The normalized spacial score (nSPS) is 28.1. The zero-order valence-electron chi connectivity index (χ0n) is 12.0. The van der Waals surface area contributed by atoms with Gasteiger partial charge in [-0.2, -0.15) is 11.8 Å². The first kappa shape index (κ1) is 14.9. The fraction of sp³-hybridized carbons (Fsp3) is 0.600. The third kappa shape index (κ3) is 2.71. The molecular formula is C15H19NO3S2. The first-order valence-corrected chi connectivity index (χ1v) is 9.21. The highest BCUT2D eigenvalue weighted by molar-refractivity contribution is 7.98. The van der Waals surface area contributed by atoms with Crippen LogP contribution in [-0.2, 0) is 17.0 Å². The number of carboxylic acid groups (broad SMARTS) is 1. The summed E-state index contributed by atoms with van der Waals surface area (Å²) >= 11 is 3.46. The summed E-state index contributed by atoms with van der Waals surface area (Å²) in [5, 5.41) is 12.4. The van der Waals surface area contributed by atoms with E-state index in [4.69, 9.17) is 0 Å². The number of carboxylic acids is 1. The Morgan fingerprint density at radius 1 is 1.48 bits per heavy atom. The van der Waals surface area contributed by atoms with Crippen LogP contribution >= 0.6 is 23.1 Å². The number of carbonyl (C=O) groups is 2. The minimum absolute atomic E-state index is 0.112. The number of aryl methyl sites for hydroxylation is 1. The third-order valence-corrected chi connectivity index (χ3v) is 6.85. The first-order chi connectivity index (χ1) is 10.0. The molecule has 0 radical (unpaired) electrons. The molecule has 1 aliphatic heterocycles. The lowest BCUT2D eigenvalue weighted by Crippen LogP contribution is -2.46. The van der Waals surface area contributed by atoms with Crippen molar-refractivity contribution in [2.24, 2.45) is 5.41 Å². The maximum Gasteiger partial charge on any atom is 0.311 e. The van der Waals surface area contributed by atoms with Gasteiger partial charge in [-0.1, -0.05) is 6.42 Å². The van der Waals surface area contributed by atoms with Gasteiger partial charge in [0.1, 0.15) is 0 Å². The van der Waals surface area contributed by atoms with Gasteiger partial charge in [-0.25, -0.2) is 0 Å². The first-order valence-electron chi connectivity index (χ1n) is 7.24. The van der Waals surface area contributed by atoms with Crippen LogP contribution in [0, 0.1) is 5.41 Å². The van der Waals surface area contributed by atoms with Crippen molar-refractivity contribution in [2.75, 3.05) is 5.75 Å². The van der Waals surface area contributed by atoms with Gasteiger partial charge in [0.15, 0.2) is 0 Å². The summed E-state index contributed by atoms with van der Waals surface area (Å²) in [5.41, 5.74) is 0.441. The summed E-state index contributed by atoms with van der Waals surface area (Å²) in [5.74, 6) is 1.18. The van der Waals surface area contributed by atoms with Crippen molar-refractivity contribution in [1.82, 2.24) is 5.32 Å². The summed E-state index contributed by atoms with van der Waals surface area (Å²) in [6.07, 6.45) is 3.26. The van der Waals surface area contributed by atoms with Crippen molar-refractivity contribution in [3.8, 4) is 0 Å². The molecule has 0 spiro atoms. The second-order valence-electron chi connectivity index (χ2n) is 6.00. The zero-order chi connectivity index (χ0) is 15.0. The quantitative estimate of drug-likeness (QED) is 0.897. The van der Waals surface area contributed by atoms with Gasteiger partial charge in [-0.3, -0.25) is 9.59 Å². The monoisotopic (exact) mass is 325 g/mol. The Morgan fingerprint density at radius 3 is 3.00 bits per heavy atom. The maximum atomic E-state index is 12.4. The van der Waals surface area contributed by atoms with Gasteiger partial charge in [-0.05, 0) is 43.6 Å².